The second-order valence-electron chi connectivity index (χ2n) is 10.1. The Bertz CT molecular complexity index is 1360. The molecule has 0 fully saturated rings. The van der Waals surface area contributed by atoms with E-state index in [1.165, 1.54) is 64.9 Å². The lowest BCUT2D eigenvalue weighted by atomic mass is 10.1. The lowest BCUT2D eigenvalue weighted by Crippen LogP contribution is -2.00. The number of rotatable bonds is 16. The second kappa shape index (κ2) is 15.6. The topological polar surface area (TPSA) is 73.9 Å². The van der Waals surface area contributed by atoms with Crippen molar-refractivity contribution in [2.75, 3.05) is 13.7 Å². The third kappa shape index (κ3) is 8.80. The van der Waals surface area contributed by atoms with E-state index in [2.05, 4.69) is 16.9 Å². The molecular formula is C34H40N2O4. The number of nitrogens with zero attached hydrogens (tertiary/aromatic N) is 2. The van der Waals surface area contributed by atoms with Crippen molar-refractivity contribution >= 4 is 29.0 Å². The highest BCUT2D eigenvalue weighted by atomic mass is 16.5. The smallest absolute Gasteiger partial charge is 0.337 e. The molecule has 40 heavy (non-hydrogen) atoms. The molecule has 0 spiro atoms. The fraction of sp³-hybridized carbons (Fsp3) is 0.382. The maximum atomic E-state index is 11.6. The first kappa shape index (κ1) is 29.1. The van der Waals surface area contributed by atoms with Crippen LogP contribution in [0.25, 0.3) is 22.6 Å². The molecule has 4 aromatic rings. The summed E-state index contributed by atoms with van der Waals surface area (Å²) in [7, 11) is 1.37. The van der Waals surface area contributed by atoms with Crippen molar-refractivity contribution in [3.05, 3.63) is 77.9 Å². The van der Waals surface area contributed by atoms with Gasteiger partial charge in [0.15, 0.2) is 5.58 Å². The predicted molar refractivity (Wildman–Crippen MR) is 162 cm³/mol. The number of methoxy groups -OCH3 is 1. The minimum atomic E-state index is -0.355. The summed E-state index contributed by atoms with van der Waals surface area (Å²) in [6, 6.07) is 20.7. The van der Waals surface area contributed by atoms with E-state index < -0.39 is 0 Å². The number of oxazole rings is 1. The van der Waals surface area contributed by atoms with Crippen LogP contribution in [0.3, 0.4) is 0 Å². The predicted octanol–water partition coefficient (Wildman–Crippen LogP) is 9.33. The molecule has 0 saturated carbocycles. The van der Waals surface area contributed by atoms with Gasteiger partial charge in [-0.05, 0) is 60.5 Å². The van der Waals surface area contributed by atoms with Crippen LogP contribution in [-0.2, 0) is 4.74 Å². The van der Waals surface area contributed by atoms with Crippen molar-refractivity contribution < 1.29 is 18.7 Å². The number of benzene rings is 3. The molecular weight excluding hydrogens is 500 g/mol. The Morgan fingerprint density at radius 1 is 0.850 bits per heavy atom. The van der Waals surface area contributed by atoms with Crippen molar-refractivity contribution in [1.82, 2.24) is 4.98 Å². The molecule has 0 saturated heterocycles. The Hall–Kier alpha value is -3.93. The average molecular weight is 541 g/mol. The summed E-state index contributed by atoms with van der Waals surface area (Å²) in [5.74, 6) is 1.03. The number of ether oxygens (including phenoxy) is 2. The first-order valence-electron chi connectivity index (χ1n) is 14.5. The number of esters is 1. The Balaban J connectivity index is 1.23. The van der Waals surface area contributed by atoms with Crippen molar-refractivity contribution in [3.8, 4) is 17.2 Å². The Morgan fingerprint density at radius 2 is 1.52 bits per heavy atom. The van der Waals surface area contributed by atoms with Gasteiger partial charge in [0.25, 0.3) is 0 Å². The Labute approximate surface area is 237 Å². The third-order valence-corrected chi connectivity index (χ3v) is 6.94. The van der Waals surface area contributed by atoms with Crippen LogP contribution in [0.5, 0.6) is 5.75 Å². The average Bonchev–Trinajstić information content (AvgIpc) is 3.42. The van der Waals surface area contributed by atoms with Crippen LogP contribution in [0.1, 0.15) is 87.1 Å². The van der Waals surface area contributed by atoms with Gasteiger partial charge in [-0.1, -0.05) is 76.8 Å². The van der Waals surface area contributed by atoms with Gasteiger partial charge in [-0.15, -0.1) is 0 Å². The summed E-state index contributed by atoms with van der Waals surface area (Å²) in [6.07, 6.45) is 14.9. The van der Waals surface area contributed by atoms with E-state index in [-0.39, 0.29) is 5.97 Å². The number of unbranched alkanes of at least 4 members (excludes halogenated alkanes) is 9. The van der Waals surface area contributed by atoms with Gasteiger partial charge < -0.3 is 13.9 Å². The summed E-state index contributed by atoms with van der Waals surface area (Å²) in [4.78, 5) is 20.7. The van der Waals surface area contributed by atoms with Crippen molar-refractivity contribution in [1.29, 1.82) is 0 Å². The van der Waals surface area contributed by atoms with Gasteiger partial charge in [0.1, 0.15) is 11.3 Å². The van der Waals surface area contributed by atoms with E-state index in [1.807, 2.05) is 54.6 Å². The molecule has 1 aromatic heterocycles. The zero-order valence-electron chi connectivity index (χ0n) is 23.7. The maximum Gasteiger partial charge on any atom is 0.337 e. The fourth-order valence-electron chi connectivity index (χ4n) is 4.56. The van der Waals surface area contributed by atoms with Crippen LogP contribution in [0.2, 0.25) is 0 Å². The van der Waals surface area contributed by atoms with Gasteiger partial charge in [0.2, 0.25) is 5.89 Å². The summed E-state index contributed by atoms with van der Waals surface area (Å²) < 4.78 is 16.8. The molecule has 6 heteroatoms. The van der Waals surface area contributed by atoms with Gasteiger partial charge >= 0.3 is 5.97 Å². The van der Waals surface area contributed by atoms with Crippen LogP contribution >= 0.6 is 0 Å². The van der Waals surface area contributed by atoms with Gasteiger partial charge in [-0.3, -0.25) is 4.99 Å². The molecule has 0 amide bonds. The second-order valence-corrected chi connectivity index (χ2v) is 10.1. The van der Waals surface area contributed by atoms with E-state index in [4.69, 9.17) is 13.9 Å². The van der Waals surface area contributed by atoms with Gasteiger partial charge in [0.05, 0.1) is 25.0 Å². The van der Waals surface area contributed by atoms with Gasteiger partial charge in [-0.25, -0.2) is 9.78 Å². The molecule has 3 aromatic carbocycles. The normalized spacial score (nSPS) is 11.3. The number of aromatic nitrogens is 1. The summed E-state index contributed by atoms with van der Waals surface area (Å²) >= 11 is 0. The Kier molecular flexibility index (Phi) is 11.3. The molecule has 0 aliphatic heterocycles. The molecule has 1 heterocycles. The highest BCUT2D eigenvalue weighted by Gasteiger charge is 2.10. The highest BCUT2D eigenvalue weighted by Crippen LogP contribution is 2.28. The van der Waals surface area contributed by atoms with Crippen LogP contribution < -0.4 is 4.74 Å². The highest BCUT2D eigenvalue weighted by molar-refractivity contribution is 5.91. The van der Waals surface area contributed by atoms with Crippen LogP contribution in [0.4, 0.5) is 5.69 Å². The minimum Gasteiger partial charge on any atom is -0.493 e. The molecule has 210 valence electrons. The van der Waals surface area contributed by atoms with E-state index in [0.717, 1.165) is 41.1 Å². The molecule has 0 radical (unpaired) electrons. The van der Waals surface area contributed by atoms with Gasteiger partial charge in [0, 0.05) is 17.8 Å². The van der Waals surface area contributed by atoms with Crippen molar-refractivity contribution in [2.45, 2.75) is 71.1 Å². The van der Waals surface area contributed by atoms with E-state index in [0.29, 0.717) is 17.0 Å². The fourth-order valence-corrected chi connectivity index (χ4v) is 4.56. The quantitative estimate of drug-likeness (QED) is 0.0804. The first-order chi connectivity index (χ1) is 19.7. The molecule has 0 bridgehead atoms. The maximum absolute atomic E-state index is 11.6. The number of carbonyl (C=O) groups excluding carboxylic acids is 1. The first-order valence-corrected chi connectivity index (χ1v) is 14.5. The zero-order valence-corrected chi connectivity index (χ0v) is 23.7. The number of hydrogen-bond acceptors (Lipinski definition) is 6. The van der Waals surface area contributed by atoms with Crippen molar-refractivity contribution in [3.63, 3.8) is 0 Å². The zero-order chi connectivity index (χ0) is 28.0. The SMILES string of the molecule is CCCCCCCCCCCCOc1ccc2nc(-c3ccc(N=Cc4ccc(C(=O)OC)cc4)cc3)oc2c1. The van der Waals surface area contributed by atoms with E-state index >= 15 is 0 Å². The molecule has 0 atom stereocenters. The Morgan fingerprint density at radius 3 is 2.20 bits per heavy atom. The summed E-state index contributed by atoms with van der Waals surface area (Å²) in [5, 5.41) is 0. The molecule has 0 aliphatic rings. The molecule has 0 unspecified atom stereocenters. The lowest BCUT2D eigenvalue weighted by Gasteiger charge is -2.06. The number of aliphatic imine (C=N–C) groups is 1. The summed E-state index contributed by atoms with van der Waals surface area (Å²) in [6.45, 7) is 2.99. The molecule has 4 rings (SSSR count). The molecule has 0 N–H and O–H groups in total. The van der Waals surface area contributed by atoms with Gasteiger partial charge in [-0.2, -0.15) is 0 Å². The standard InChI is InChI=1S/C34H40N2O4/c1-3-4-5-6-7-8-9-10-11-12-23-39-30-21-22-31-32(24-30)40-33(36-31)27-17-19-29(20-18-27)35-25-26-13-15-28(16-14-26)34(37)38-2/h13-22,24-25H,3-12,23H2,1-2H3. The monoisotopic (exact) mass is 540 g/mol. The third-order valence-electron chi connectivity index (χ3n) is 6.94. The number of carbonyl (C=O) groups is 1. The van der Waals surface area contributed by atoms with E-state index in [1.54, 1.807) is 18.3 Å². The number of fused-ring (bicyclic) bond motifs is 1. The molecule has 6 nitrogen and oxygen atoms in total. The minimum absolute atomic E-state index is 0.355. The van der Waals surface area contributed by atoms with Crippen LogP contribution in [-0.4, -0.2) is 30.9 Å². The summed E-state index contributed by atoms with van der Waals surface area (Å²) in [5.41, 5.74) is 4.61. The van der Waals surface area contributed by atoms with Crippen molar-refractivity contribution in [2.24, 2.45) is 4.99 Å². The largest absolute Gasteiger partial charge is 0.493 e. The van der Waals surface area contributed by atoms with Crippen LogP contribution in [0.15, 0.2) is 76.1 Å². The number of hydrogen-bond donors (Lipinski definition) is 0. The molecule has 0 aliphatic carbocycles. The van der Waals surface area contributed by atoms with E-state index in [9.17, 15) is 4.79 Å². The van der Waals surface area contributed by atoms with Crippen LogP contribution in [0, 0.1) is 0 Å². The lowest BCUT2D eigenvalue weighted by molar-refractivity contribution is 0.0600.